The Morgan fingerprint density at radius 1 is 1.40 bits per heavy atom. The second-order valence-electron chi connectivity index (χ2n) is 6.05. The first kappa shape index (κ1) is 17.1. The standard InChI is InChI=1S/C19H23N5O/c1-3-9-23(10-4-2)17(25)13-24-11-7-16-18(22-14-21-16)19(24)15-6-5-8-20-12-15/h3-6,8,12,14,19H,1-2,7,9-11,13H2,(H,21,22)/t19-/m1/s1. The molecule has 0 saturated heterocycles. The SMILES string of the molecule is C=CCN(CC=C)C(=O)CN1CCc2[nH]cnc2[C@H]1c1cccnc1. The van der Waals surface area contributed by atoms with Gasteiger partial charge in [-0.2, -0.15) is 0 Å². The van der Waals surface area contributed by atoms with Crippen molar-refractivity contribution in [2.75, 3.05) is 26.2 Å². The van der Waals surface area contributed by atoms with E-state index >= 15 is 0 Å². The van der Waals surface area contributed by atoms with E-state index in [-0.39, 0.29) is 11.9 Å². The highest BCUT2D eigenvalue weighted by molar-refractivity contribution is 5.78. The maximum Gasteiger partial charge on any atom is 0.237 e. The Morgan fingerprint density at radius 2 is 2.20 bits per heavy atom. The minimum atomic E-state index is -0.0676. The number of carbonyl (C=O) groups excluding carboxylic acids is 1. The third kappa shape index (κ3) is 3.69. The minimum Gasteiger partial charge on any atom is -0.348 e. The number of amides is 1. The topological polar surface area (TPSA) is 65.1 Å². The molecule has 1 aliphatic rings. The molecular formula is C19H23N5O. The van der Waals surface area contributed by atoms with E-state index in [1.54, 1.807) is 29.6 Å². The van der Waals surface area contributed by atoms with E-state index in [4.69, 9.17) is 0 Å². The number of pyridine rings is 1. The van der Waals surface area contributed by atoms with Crippen molar-refractivity contribution in [3.05, 3.63) is 73.1 Å². The highest BCUT2D eigenvalue weighted by atomic mass is 16.2. The molecule has 0 radical (unpaired) electrons. The molecule has 0 aliphatic carbocycles. The number of rotatable bonds is 7. The van der Waals surface area contributed by atoms with Gasteiger partial charge in [-0.1, -0.05) is 18.2 Å². The molecule has 1 aliphatic heterocycles. The van der Waals surface area contributed by atoms with Gasteiger partial charge in [0.1, 0.15) is 0 Å². The molecule has 6 nitrogen and oxygen atoms in total. The Morgan fingerprint density at radius 3 is 2.88 bits per heavy atom. The van der Waals surface area contributed by atoms with Crippen molar-refractivity contribution < 1.29 is 4.79 Å². The van der Waals surface area contributed by atoms with E-state index in [2.05, 4.69) is 33.0 Å². The van der Waals surface area contributed by atoms with Crippen LogP contribution in [0.25, 0.3) is 0 Å². The molecule has 0 fully saturated rings. The van der Waals surface area contributed by atoms with Crippen molar-refractivity contribution in [3.8, 4) is 0 Å². The zero-order valence-corrected chi connectivity index (χ0v) is 14.3. The number of aromatic amines is 1. The van der Waals surface area contributed by atoms with Crippen LogP contribution in [0.3, 0.4) is 0 Å². The lowest BCUT2D eigenvalue weighted by molar-refractivity contribution is -0.132. The number of hydrogen-bond acceptors (Lipinski definition) is 4. The predicted octanol–water partition coefficient (Wildman–Crippen LogP) is 1.95. The number of hydrogen-bond donors (Lipinski definition) is 1. The molecule has 0 saturated carbocycles. The van der Waals surface area contributed by atoms with Gasteiger partial charge in [0, 0.05) is 44.1 Å². The first-order valence-corrected chi connectivity index (χ1v) is 8.40. The van der Waals surface area contributed by atoms with Gasteiger partial charge >= 0.3 is 0 Å². The third-order valence-corrected chi connectivity index (χ3v) is 4.41. The Bertz CT molecular complexity index is 729. The van der Waals surface area contributed by atoms with Crippen molar-refractivity contribution in [1.82, 2.24) is 24.8 Å². The smallest absolute Gasteiger partial charge is 0.237 e. The van der Waals surface area contributed by atoms with Gasteiger partial charge in [0.25, 0.3) is 0 Å². The molecule has 0 spiro atoms. The van der Waals surface area contributed by atoms with E-state index in [0.29, 0.717) is 19.6 Å². The predicted molar refractivity (Wildman–Crippen MR) is 96.9 cm³/mol. The first-order chi connectivity index (χ1) is 12.2. The molecule has 130 valence electrons. The van der Waals surface area contributed by atoms with Gasteiger partial charge in [0.2, 0.25) is 5.91 Å². The van der Waals surface area contributed by atoms with E-state index in [1.807, 2.05) is 18.3 Å². The Labute approximate surface area is 147 Å². The maximum atomic E-state index is 12.8. The quantitative estimate of drug-likeness (QED) is 0.785. The summed E-state index contributed by atoms with van der Waals surface area (Å²) in [5, 5.41) is 0. The van der Waals surface area contributed by atoms with Gasteiger partial charge in [-0.05, 0) is 11.6 Å². The van der Waals surface area contributed by atoms with Crippen LogP contribution in [0.5, 0.6) is 0 Å². The Balaban J connectivity index is 1.85. The first-order valence-electron chi connectivity index (χ1n) is 8.40. The summed E-state index contributed by atoms with van der Waals surface area (Å²) in [6, 6.07) is 3.88. The van der Waals surface area contributed by atoms with Crippen molar-refractivity contribution in [3.63, 3.8) is 0 Å². The van der Waals surface area contributed by atoms with E-state index in [1.165, 1.54) is 0 Å². The summed E-state index contributed by atoms with van der Waals surface area (Å²) in [5.41, 5.74) is 3.15. The molecule has 2 aromatic heterocycles. The molecule has 0 unspecified atom stereocenters. The van der Waals surface area contributed by atoms with E-state index in [0.717, 1.165) is 29.9 Å². The molecule has 2 aromatic rings. The lowest BCUT2D eigenvalue weighted by Gasteiger charge is -2.35. The Hall–Kier alpha value is -2.73. The molecule has 0 bridgehead atoms. The van der Waals surface area contributed by atoms with Crippen molar-refractivity contribution in [2.24, 2.45) is 0 Å². The van der Waals surface area contributed by atoms with Gasteiger partial charge in [0.15, 0.2) is 0 Å². The summed E-state index contributed by atoms with van der Waals surface area (Å²) in [6.45, 7) is 9.62. The summed E-state index contributed by atoms with van der Waals surface area (Å²) in [7, 11) is 0. The third-order valence-electron chi connectivity index (χ3n) is 4.41. The van der Waals surface area contributed by atoms with Gasteiger partial charge in [-0.15, -0.1) is 13.2 Å². The molecule has 25 heavy (non-hydrogen) atoms. The van der Waals surface area contributed by atoms with E-state index in [9.17, 15) is 4.79 Å². The number of nitrogens with one attached hydrogen (secondary N) is 1. The number of imidazole rings is 1. The van der Waals surface area contributed by atoms with Crippen LogP contribution in [-0.4, -0.2) is 56.8 Å². The van der Waals surface area contributed by atoms with E-state index < -0.39 is 0 Å². The summed E-state index contributed by atoms with van der Waals surface area (Å²) in [5.74, 6) is 0.0627. The zero-order chi connectivity index (χ0) is 17.6. The average molecular weight is 337 g/mol. The van der Waals surface area contributed by atoms with Gasteiger partial charge in [-0.3, -0.25) is 14.7 Å². The van der Waals surface area contributed by atoms with Crippen LogP contribution in [0.15, 0.2) is 56.2 Å². The van der Waals surface area contributed by atoms with Crippen LogP contribution in [0.4, 0.5) is 0 Å². The number of H-pyrrole nitrogens is 1. The highest BCUT2D eigenvalue weighted by Gasteiger charge is 2.32. The highest BCUT2D eigenvalue weighted by Crippen LogP contribution is 2.32. The van der Waals surface area contributed by atoms with Crippen LogP contribution in [0.2, 0.25) is 0 Å². The van der Waals surface area contributed by atoms with Crippen molar-refractivity contribution >= 4 is 5.91 Å². The molecule has 3 rings (SSSR count). The molecule has 6 heteroatoms. The minimum absolute atomic E-state index is 0.0627. The second-order valence-corrected chi connectivity index (χ2v) is 6.05. The summed E-state index contributed by atoms with van der Waals surface area (Å²) < 4.78 is 0. The van der Waals surface area contributed by atoms with Gasteiger partial charge < -0.3 is 9.88 Å². The maximum absolute atomic E-state index is 12.8. The molecule has 1 amide bonds. The fourth-order valence-corrected chi connectivity index (χ4v) is 3.27. The molecule has 0 aromatic carbocycles. The number of fused-ring (bicyclic) bond motifs is 1. The lowest BCUT2D eigenvalue weighted by Crippen LogP contribution is -2.45. The summed E-state index contributed by atoms with van der Waals surface area (Å²) >= 11 is 0. The van der Waals surface area contributed by atoms with Crippen molar-refractivity contribution in [1.29, 1.82) is 0 Å². The van der Waals surface area contributed by atoms with Crippen LogP contribution in [0, 0.1) is 0 Å². The largest absolute Gasteiger partial charge is 0.348 e. The van der Waals surface area contributed by atoms with Crippen LogP contribution < -0.4 is 0 Å². The Kier molecular flexibility index (Phi) is 5.40. The summed E-state index contributed by atoms with van der Waals surface area (Å²) in [6.07, 6.45) is 9.65. The van der Waals surface area contributed by atoms with Crippen molar-refractivity contribution in [2.45, 2.75) is 12.5 Å². The van der Waals surface area contributed by atoms with Gasteiger partial charge in [0.05, 0.1) is 24.6 Å². The fraction of sp³-hybridized carbons (Fsp3) is 0.316. The van der Waals surface area contributed by atoms with Crippen LogP contribution in [-0.2, 0) is 11.2 Å². The molecule has 1 atom stereocenters. The lowest BCUT2D eigenvalue weighted by atomic mass is 9.97. The van der Waals surface area contributed by atoms with Gasteiger partial charge in [-0.25, -0.2) is 4.98 Å². The number of carbonyl (C=O) groups is 1. The number of nitrogens with zero attached hydrogens (tertiary/aromatic N) is 4. The normalized spacial score (nSPS) is 16.9. The number of aromatic nitrogens is 3. The molecule has 1 N–H and O–H groups in total. The fourth-order valence-electron chi connectivity index (χ4n) is 3.27. The van der Waals surface area contributed by atoms with Crippen LogP contribution >= 0.6 is 0 Å². The summed E-state index contributed by atoms with van der Waals surface area (Å²) in [4.78, 5) is 28.6. The molecular weight excluding hydrogens is 314 g/mol. The molecule has 3 heterocycles. The zero-order valence-electron chi connectivity index (χ0n) is 14.3. The van der Waals surface area contributed by atoms with Crippen LogP contribution in [0.1, 0.15) is 23.0 Å². The monoisotopic (exact) mass is 337 g/mol. The second kappa shape index (κ2) is 7.90. The average Bonchev–Trinajstić information content (AvgIpc) is 3.10.